The van der Waals surface area contributed by atoms with Gasteiger partial charge in [0.25, 0.3) is 0 Å². The average molecular weight is 380 g/mol. The maximum absolute atomic E-state index is 12.5. The van der Waals surface area contributed by atoms with Crippen LogP contribution in [0.3, 0.4) is 0 Å². The number of ether oxygens (including phenoxy) is 2. The lowest BCUT2D eigenvalue weighted by Crippen LogP contribution is -2.15. The lowest BCUT2D eigenvalue weighted by Gasteiger charge is -2.15. The predicted octanol–water partition coefficient (Wildman–Crippen LogP) is 6.52. The van der Waals surface area contributed by atoms with Gasteiger partial charge < -0.3 is 9.47 Å². The Bertz CT molecular complexity index is 1070. The SMILES string of the molecule is O=C(Oc1ccccc1)Oc1c(Cc2ccccc2)cccc1-c1ccccc1. The molecule has 0 saturated carbocycles. The summed E-state index contributed by atoms with van der Waals surface area (Å²) in [6.45, 7) is 0. The van der Waals surface area contributed by atoms with Crippen LogP contribution in [0.1, 0.15) is 11.1 Å². The molecule has 0 saturated heterocycles. The second-order valence-electron chi connectivity index (χ2n) is 6.59. The minimum Gasteiger partial charge on any atom is -0.395 e. The van der Waals surface area contributed by atoms with E-state index in [0.29, 0.717) is 17.9 Å². The molecule has 0 bridgehead atoms. The normalized spacial score (nSPS) is 10.3. The molecule has 0 atom stereocenters. The van der Waals surface area contributed by atoms with Crippen LogP contribution in [0.4, 0.5) is 4.79 Å². The van der Waals surface area contributed by atoms with Gasteiger partial charge in [0.05, 0.1) is 0 Å². The summed E-state index contributed by atoms with van der Waals surface area (Å²) >= 11 is 0. The molecule has 0 aliphatic heterocycles. The van der Waals surface area contributed by atoms with Crippen molar-refractivity contribution in [2.24, 2.45) is 0 Å². The highest BCUT2D eigenvalue weighted by molar-refractivity contribution is 5.77. The van der Waals surface area contributed by atoms with Crippen molar-refractivity contribution >= 4 is 6.16 Å². The van der Waals surface area contributed by atoms with Crippen molar-refractivity contribution in [3.63, 3.8) is 0 Å². The van der Waals surface area contributed by atoms with E-state index < -0.39 is 6.16 Å². The van der Waals surface area contributed by atoms with E-state index in [1.54, 1.807) is 24.3 Å². The fourth-order valence-corrected chi connectivity index (χ4v) is 3.19. The summed E-state index contributed by atoms with van der Waals surface area (Å²) < 4.78 is 11.1. The van der Waals surface area contributed by atoms with Gasteiger partial charge in [0.15, 0.2) is 0 Å². The zero-order valence-corrected chi connectivity index (χ0v) is 15.8. The predicted molar refractivity (Wildman–Crippen MR) is 114 cm³/mol. The molecule has 4 aromatic carbocycles. The fraction of sp³-hybridized carbons (Fsp3) is 0.0385. The molecule has 142 valence electrons. The van der Waals surface area contributed by atoms with Gasteiger partial charge in [-0.3, -0.25) is 0 Å². The molecule has 0 aliphatic carbocycles. The number of carbonyl (C=O) groups is 1. The standard InChI is InChI=1S/C26H20O3/c27-26(28-23-16-8-3-9-17-23)29-25-22(19-20-11-4-1-5-12-20)15-10-18-24(25)21-13-6-2-7-14-21/h1-18H,19H2. The first-order chi connectivity index (χ1) is 14.3. The van der Waals surface area contributed by atoms with Crippen LogP contribution in [0, 0.1) is 0 Å². The molecule has 0 aromatic heterocycles. The first-order valence-electron chi connectivity index (χ1n) is 9.45. The van der Waals surface area contributed by atoms with Crippen molar-refractivity contribution in [1.29, 1.82) is 0 Å². The van der Waals surface area contributed by atoms with Crippen LogP contribution in [0.5, 0.6) is 11.5 Å². The third-order valence-electron chi connectivity index (χ3n) is 4.55. The summed E-state index contributed by atoms with van der Waals surface area (Å²) in [5.41, 5.74) is 3.88. The van der Waals surface area contributed by atoms with Gasteiger partial charge in [0.1, 0.15) is 11.5 Å². The number of hydrogen-bond donors (Lipinski definition) is 0. The summed E-state index contributed by atoms with van der Waals surface area (Å²) in [5, 5.41) is 0. The zero-order chi connectivity index (χ0) is 19.9. The zero-order valence-electron chi connectivity index (χ0n) is 15.8. The second kappa shape index (κ2) is 8.89. The lowest BCUT2D eigenvalue weighted by molar-refractivity contribution is 0.151. The molecule has 0 heterocycles. The number of carbonyl (C=O) groups excluding carboxylic acids is 1. The van der Waals surface area contributed by atoms with Crippen molar-refractivity contribution in [3.05, 3.63) is 120 Å². The molecule has 0 unspecified atom stereocenters. The Morgan fingerprint density at radius 1 is 0.621 bits per heavy atom. The number of benzene rings is 4. The van der Waals surface area contributed by atoms with Gasteiger partial charge in [-0.1, -0.05) is 97.1 Å². The summed E-state index contributed by atoms with van der Waals surface area (Å²) in [4.78, 5) is 12.5. The van der Waals surface area contributed by atoms with Gasteiger partial charge in [-0.2, -0.15) is 0 Å². The van der Waals surface area contributed by atoms with E-state index in [2.05, 4.69) is 12.1 Å². The quantitative estimate of drug-likeness (QED) is 0.292. The van der Waals surface area contributed by atoms with Gasteiger partial charge in [-0.15, -0.1) is 0 Å². The highest BCUT2D eigenvalue weighted by atomic mass is 16.7. The minimum atomic E-state index is -0.756. The molecular weight excluding hydrogens is 360 g/mol. The molecule has 4 aromatic rings. The fourth-order valence-electron chi connectivity index (χ4n) is 3.19. The van der Waals surface area contributed by atoms with Gasteiger partial charge in [-0.05, 0) is 23.3 Å². The topological polar surface area (TPSA) is 35.5 Å². The van der Waals surface area contributed by atoms with Crippen LogP contribution < -0.4 is 9.47 Å². The number of rotatable bonds is 5. The number of hydrogen-bond acceptors (Lipinski definition) is 3. The maximum atomic E-state index is 12.5. The molecule has 4 rings (SSSR count). The van der Waals surface area contributed by atoms with Gasteiger partial charge in [0.2, 0.25) is 0 Å². The van der Waals surface area contributed by atoms with Crippen LogP contribution in [0.15, 0.2) is 109 Å². The van der Waals surface area contributed by atoms with Gasteiger partial charge in [-0.25, -0.2) is 4.79 Å². The molecule has 0 amide bonds. The summed E-state index contributed by atoms with van der Waals surface area (Å²) in [5.74, 6) is 0.961. The van der Waals surface area contributed by atoms with E-state index in [1.165, 1.54) is 0 Å². The van der Waals surface area contributed by atoms with E-state index in [0.717, 1.165) is 22.3 Å². The third-order valence-corrected chi connectivity index (χ3v) is 4.55. The third kappa shape index (κ3) is 4.71. The minimum absolute atomic E-state index is 0.444. The van der Waals surface area contributed by atoms with Crippen LogP contribution in [-0.2, 0) is 6.42 Å². The molecule has 0 fully saturated rings. The highest BCUT2D eigenvalue weighted by Gasteiger charge is 2.17. The molecule has 0 radical (unpaired) electrons. The Labute approximate surface area is 170 Å². The summed E-state index contributed by atoms with van der Waals surface area (Å²) in [6, 6.07) is 34.8. The van der Waals surface area contributed by atoms with Crippen molar-refractivity contribution < 1.29 is 14.3 Å². The van der Waals surface area contributed by atoms with Crippen molar-refractivity contribution in [1.82, 2.24) is 0 Å². The maximum Gasteiger partial charge on any atom is 0.519 e. The molecular formula is C26H20O3. The first-order valence-corrected chi connectivity index (χ1v) is 9.45. The molecule has 0 N–H and O–H groups in total. The smallest absolute Gasteiger partial charge is 0.395 e. The average Bonchev–Trinajstić information content (AvgIpc) is 2.77. The molecule has 0 spiro atoms. The van der Waals surface area contributed by atoms with E-state index in [9.17, 15) is 4.79 Å². The monoisotopic (exact) mass is 380 g/mol. The Hall–Kier alpha value is -3.85. The van der Waals surface area contributed by atoms with E-state index in [4.69, 9.17) is 9.47 Å². The summed E-state index contributed by atoms with van der Waals surface area (Å²) in [7, 11) is 0. The Morgan fingerprint density at radius 3 is 1.93 bits per heavy atom. The summed E-state index contributed by atoms with van der Waals surface area (Å²) in [6.07, 6.45) is -0.107. The molecule has 3 heteroatoms. The van der Waals surface area contributed by atoms with E-state index in [-0.39, 0.29) is 0 Å². The Morgan fingerprint density at radius 2 is 1.24 bits per heavy atom. The van der Waals surface area contributed by atoms with E-state index >= 15 is 0 Å². The molecule has 3 nitrogen and oxygen atoms in total. The Balaban J connectivity index is 1.69. The molecule has 29 heavy (non-hydrogen) atoms. The van der Waals surface area contributed by atoms with Crippen molar-refractivity contribution in [3.8, 4) is 22.6 Å². The lowest BCUT2D eigenvalue weighted by atomic mass is 9.97. The number of para-hydroxylation sites is 2. The second-order valence-corrected chi connectivity index (χ2v) is 6.59. The van der Waals surface area contributed by atoms with Crippen LogP contribution in [0.25, 0.3) is 11.1 Å². The van der Waals surface area contributed by atoms with Crippen LogP contribution in [0.2, 0.25) is 0 Å². The largest absolute Gasteiger partial charge is 0.519 e. The van der Waals surface area contributed by atoms with Gasteiger partial charge in [0, 0.05) is 17.5 Å². The van der Waals surface area contributed by atoms with Crippen molar-refractivity contribution in [2.45, 2.75) is 6.42 Å². The Kier molecular flexibility index (Phi) is 5.68. The van der Waals surface area contributed by atoms with Crippen molar-refractivity contribution in [2.75, 3.05) is 0 Å². The first kappa shape index (κ1) is 18.5. The molecule has 0 aliphatic rings. The van der Waals surface area contributed by atoms with Gasteiger partial charge >= 0.3 is 6.16 Å². The van der Waals surface area contributed by atoms with E-state index in [1.807, 2.05) is 72.8 Å². The van der Waals surface area contributed by atoms with Crippen LogP contribution >= 0.6 is 0 Å². The van der Waals surface area contributed by atoms with Crippen LogP contribution in [-0.4, -0.2) is 6.16 Å². The highest BCUT2D eigenvalue weighted by Crippen LogP contribution is 2.35.